The van der Waals surface area contributed by atoms with Gasteiger partial charge in [0.1, 0.15) is 16.9 Å². The number of fused-ring (bicyclic) bond motifs is 2. The lowest BCUT2D eigenvalue weighted by atomic mass is 10.2. The van der Waals surface area contributed by atoms with Crippen molar-refractivity contribution in [2.24, 2.45) is 0 Å². The van der Waals surface area contributed by atoms with Gasteiger partial charge in [-0.15, -0.1) is 0 Å². The first-order valence-electron chi connectivity index (χ1n) is 9.61. The van der Waals surface area contributed by atoms with Crippen molar-refractivity contribution in [1.29, 1.82) is 0 Å². The molecule has 0 fully saturated rings. The predicted octanol–water partition coefficient (Wildman–Crippen LogP) is 3.81. The van der Waals surface area contributed by atoms with Gasteiger partial charge < -0.3 is 10.4 Å². The molecule has 12 heteroatoms. The number of hydrogen-bond donors (Lipinski definition) is 3. The molecular weight excluding hydrogens is 467 g/mol. The summed E-state index contributed by atoms with van der Waals surface area (Å²) in [7, 11) is -4.20. The monoisotopic (exact) mass is 482 g/mol. The molecule has 0 spiro atoms. The SMILES string of the molecule is O=S(=O)(Nc1nc2ccccc2nc1Nc1ccc2nsnc2c1)c1ccc(CO)c(F)c1. The fraction of sp³-hybridized carbons (Fsp3) is 0.0476. The van der Waals surface area contributed by atoms with Gasteiger partial charge in [0.2, 0.25) is 0 Å². The van der Waals surface area contributed by atoms with Crippen LogP contribution in [0.5, 0.6) is 0 Å². The minimum atomic E-state index is -4.20. The molecule has 3 aromatic carbocycles. The van der Waals surface area contributed by atoms with E-state index in [1.807, 2.05) is 0 Å². The maximum Gasteiger partial charge on any atom is 0.263 e. The Morgan fingerprint density at radius 1 is 0.879 bits per heavy atom. The van der Waals surface area contributed by atoms with Crippen LogP contribution in [0.3, 0.4) is 0 Å². The average molecular weight is 483 g/mol. The van der Waals surface area contributed by atoms with E-state index in [4.69, 9.17) is 5.11 Å². The maximum absolute atomic E-state index is 14.1. The Morgan fingerprint density at radius 2 is 1.61 bits per heavy atom. The molecule has 0 unspecified atom stereocenters. The second kappa shape index (κ2) is 8.31. The van der Waals surface area contributed by atoms with Gasteiger partial charge in [-0.3, -0.25) is 4.72 Å². The molecule has 2 aromatic heterocycles. The normalized spacial score (nSPS) is 11.7. The van der Waals surface area contributed by atoms with Crippen molar-refractivity contribution in [3.63, 3.8) is 0 Å². The van der Waals surface area contributed by atoms with Gasteiger partial charge in [0.25, 0.3) is 10.0 Å². The molecule has 33 heavy (non-hydrogen) atoms. The lowest BCUT2D eigenvalue weighted by Gasteiger charge is -2.14. The van der Waals surface area contributed by atoms with Gasteiger partial charge in [0.05, 0.1) is 34.3 Å². The van der Waals surface area contributed by atoms with Crippen molar-refractivity contribution in [3.8, 4) is 0 Å². The first-order valence-corrected chi connectivity index (χ1v) is 11.8. The van der Waals surface area contributed by atoms with Gasteiger partial charge in [-0.25, -0.2) is 22.8 Å². The summed E-state index contributed by atoms with van der Waals surface area (Å²) in [5.74, 6) is -0.724. The summed E-state index contributed by atoms with van der Waals surface area (Å²) >= 11 is 1.09. The summed E-state index contributed by atoms with van der Waals surface area (Å²) in [4.78, 5) is 8.62. The Balaban J connectivity index is 1.56. The smallest absolute Gasteiger partial charge is 0.263 e. The van der Waals surface area contributed by atoms with Crippen molar-refractivity contribution in [2.75, 3.05) is 10.0 Å². The number of nitrogens with zero attached hydrogens (tertiary/aromatic N) is 4. The van der Waals surface area contributed by atoms with E-state index in [1.165, 1.54) is 12.1 Å². The van der Waals surface area contributed by atoms with E-state index in [2.05, 4.69) is 28.8 Å². The molecule has 0 atom stereocenters. The Hall–Kier alpha value is -3.74. The van der Waals surface area contributed by atoms with E-state index in [0.29, 0.717) is 22.2 Å². The predicted molar refractivity (Wildman–Crippen MR) is 123 cm³/mol. The molecule has 5 rings (SSSR count). The van der Waals surface area contributed by atoms with Gasteiger partial charge in [0, 0.05) is 11.3 Å². The standard InChI is InChI=1S/C21H15FN6O3S2/c22-15-10-14(7-5-12(15)11-29)33(30,31)28-21-20(24-16-3-1-2-4-17(16)25-21)23-13-6-8-18-19(9-13)27-32-26-18/h1-10,29H,11H2,(H,23,24)(H,25,28). The van der Waals surface area contributed by atoms with Gasteiger partial charge in [-0.2, -0.15) is 8.75 Å². The molecule has 9 nitrogen and oxygen atoms in total. The highest BCUT2D eigenvalue weighted by Crippen LogP contribution is 2.28. The highest BCUT2D eigenvalue weighted by molar-refractivity contribution is 7.92. The number of nitrogens with one attached hydrogen (secondary N) is 2. The van der Waals surface area contributed by atoms with Crippen LogP contribution in [-0.2, 0) is 16.6 Å². The third-order valence-corrected chi connectivity index (χ3v) is 6.72. The number of hydrogen-bond acceptors (Lipinski definition) is 9. The fourth-order valence-electron chi connectivity index (χ4n) is 3.16. The quantitative estimate of drug-likeness (QED) is 0.333. The van der Waals surface area contributed by atoms with E-state index in [1.54, 1.807) is 42.5 Å². The number of para-hydroxylation sites is 2. The number of rotatable bonds is 6. The van der Waals surface area contributed by atoms with Crippen LogP contribution >= 0.6 is 11.7 Å². The highest BCUT2D eigenvalue weighted by Gasteiger charge is 2.20. The summed E-state index contributed by atoms with van der Waals surface area (Å²) < 4.78 is 50.8. The Morgan fingerprint density at radius 3 is 2.33 bits per heavy atom. The van der Waals surface area contributed by atoms with Crippen LogP contribution in [0, 0.1) is 5.82 Å². The second-order valence-electron chi connectivity index (χ2n) is 7.02. The third-order valence-electron chi connectivity index (χ3n) is 4.82. The van der Waals surface area contributed by atoms with Crippen molar-refractivity contribution in [2.45, 2.75) is 11.5 Å². The third kappa shape index (κ3) is 4.18. The lowest BCUT2D eigenvalue weighted by Crippen LogP contribution is -2.16. The molecule has 3 N–H and O–H groups in total. The Bertz CT molecular complexity index is 1610. The largest absolute Gasteiger partial charge is 0.392 e. The molecule has 0 bridgehead atoms. The van der Waals surface area contributed by atoms with Crippen molar-refractivity contribution in [1.82, 2.24) is 18.7 Å². The van der Waals surface area contributed by atoms with Gasteiger partial charge in [0.15, 0.2) is 11.6 Å². The zero-order valence-corrected chi connectivity index (χ0v) is 18.4. The first kappa shape index (κ1) is 21.1. The summed E-state index contributed by atoms with van der Waals surface area (Å²) in [6, 6.07) is 15.6. The summed E-state index contributed by atoms with van der Waals surface area (Å²) in [5, 5.41) is 12.2. The van der Waals surface area contributed by atoms with E-state index >= 15 is 0 Å². The number of aromatic nitrogens is 4. The molecule has 0 aliphatic carbocycles. The lowest BCUT2D eigenvalue weighted by molar-refractivity contribution is 0.275. The maximum atomic E-state index is 14.1. The highest BCUT2D eigenvalue weighted by atomic mass is 32.2. The summed E-state index contributed by atoms with van der Waals surface area (Å²) in [6.07, 6.45) is 0. The Kier molecular flexibility index (Phi) is 5.32. The van der Waals surface area contributed by atoms with Crippen LogP contribution in [0.1, 0.15) is 5.56 Å². The number of aliphatic hydroxyl groups is 1. The fourth-order valence-corrected chi connectivity index (χ4v) is 4.70. The minimum absolute atomic E-state index is 0.00581. The van der Waals surface area contributed by atoms with E-state index in [9.17, 15) is 12.8 Å². The van der Waals surface area contributed by atoms with E-state index < -0.39 is 22.4 Å². The molecule has 166 valence electrons. The average Bonchev–Trinajstić information content (AvgIpc) is 3.27. The molecule has 0 amide bonds. The number of anilines is 3. The molecule has 0 aliphatic rings. The van der Waals surface area contributed by atoms with Crippen molar-refractivity contribution < 1.29 is 17.9 Å². The van der Waals surface area contributed by atoms with Crippen LogP contribution in [0.25, 0.3) is 22.1 Å². The number of sulfonamides is 1. The van der Waals surface area contributed by atoms with E-state index in [0.717, 1.165) is 23.3 Å². The number of halogens is 1. The topological polar surface area (TPSA) is 130 Å². The van der Waals surface area contributed by atoms with Crippen LogP contribution in [-0.4, -0.2) is 32.2 Å². The number of aliphatic hydroxyl groups excluding tert-OH is 1. The Labute approximate surface area is 191 Å². The summed E-state index contributed by atoms with van der Waals surface area (Å²) in [6.45, 7) is -0.539. The zero-order valence-electron chi connectivity index (χ0n) is 16.7. The molecular formula is C21H15FN6O3S2. The molecule has 2 heterocycles. The molecule has 0 saturated carbocycles. The first-order chi connectivity index (χ1) is 15.9. The zero-order chi connectivity index (χ0) is 23.0. The molecule has 0 radical (unpaired) electrons. The molecule has 5 aromatic rings. The van der Waals surface area contributed by atoms with Gasteiger partial charge >= 0.3 is 0 Å². The van der Waals surface area contributed by atoms with Gasteiger partial charge in [-0.05, 0) is 42.5 Å². The van der Waals surface area contributed by atoms with E-state index in [-0.39, 0.29) is 22.1 Å². The summed E-state index contributed by atoms with van der Waals surface area (Å²) in [5.41, 5.74) is 3.05. The van der Waals surface area contributed by atoms with Crippen LogP contribution in [0.2, 0.25) is 0 Å². The second-order valence-corrected chi connectivity index (χ2v) is 9.23. The van der Waals surface area contributed by atoms with Crippen molar-refractivity contribution in [3.05, 3.63) is 72.0 Å². The van der Waals surface area contributed by atoms with Gasteiger partial charge in [-0.1, -0.05) is 18.2 Å². The van der Waals surface area contributed by atoms with Crippen LogP contribution < -0.4 is 10.0 Å². The van der Waals surface area contributed by atoms with Crippen LogP contribution in [0.4, 0.5) is 21.7 Å². The number of benzene rings is 3. The van der Waals surface area contributed by atoms with Crippen molar-refractivity contribution >= 4 is 61.1 Å². The molecule has 0 saturated heterocycles. The minimum Gasteiger partial charge on any atom is -0.392 e. The van der Waals surface area contributed by atoms with Crippen LogP contribution in [0.15, 0.2) is 65.6 Å². The molecule has 0 aliphatic heterocycles.